The van der Waals surface area contributed by atoms with Gasteiger partial charge in [-0.25, -0.2) is 13.1 Å². The van der Waals surface area contributed by atoms with Gasteiger partial charge in [-0.2, -0.15) is 0 Å². The summed E-state index contributed by atoms with van der Waals surface area (Å²) >= 11 is 0. The quantitative estimate of drug-likeness (QED) is 0.588. The topological polar surface area (TPSA) is 101 Å². The van der Waals surface area contributed by atoms with Crippen LogP contribution in [0.15, 0.2) is 23.1 Å². The Labute approximate surface area is 124 Å². The molecular formula is C13H21N3O4S. The second-order valence-electron chi connectivity index (χ2n) is 4.78. The number of benzene rings is 1. The number of nitrogens with zero attached hydrogens (tertiary/aromatic N) is 1. The molecule has 0 fully saturated rings. The van der Waals surface area contributed by atoms with Gasteiger partial charge in [0.25, 0.3) is 5.69 Å². The zero-order valence-corrected chi connectivity index (χ0v) is 13.4. The summed E-state index contributed by atoms with van der Waals surface area (Å²) in [5, 5.41) is 14.4. The van der Waals surface area contributed by atoms with E-state index in [1.54, 1.807) is 7.05 Å². The fourth-order valence-corrected chi connectivity index (χ4v) is 3.13. The second-order valence-corrected chi connectivity index (χ2v) is 6.66. The van der Waals surface area contributed by atoms with E-state index in [1.807, 2.05) is 13.8 Å². The minimum atomic E-state index is -3.70. The smallest absolute Gasteiger partial charge is 0.274 e. The van der Waals surface area contributed by atoms with Crippen molar-refractivity contribution in [1.82, 2.24) is 10.0 Å². The Hall–Kier alpha value is -1.51. The summed E-state index contributed by atoms with van der Waals surface area (Å²) in [7, 11) is -0.627. The number of nitro benzene ring substituents is 1. The molecule has 21 heavy (non-hydrogen) atoms. The van der Waals surface area contributed by atoms with E-state index >= 15 is 0 Å². The van der Waals surface area contributed by atoms with Crippen molar-refractivity contribution in [1.29, 1.82) is 0 Å². The first kappa shape index (κ1) is 17.5. The van der Waals surface area contributed by atoms with Crippen LogP contribution in [0.4, 0.5) is 5.69 Å². The summed E-state index contributed by atoms with van der Waals surface area (Å²) in [6, 6.07) is 4.11. The molecule has 2 N–H and O–H groups in total. The molecule has 2 atom stereocenters. The molecule has 0 aliphatic heterocycles. The Bertz CT molecular complexity index is 612. The van der Waals surface area contributed by atoms with Gasteiger partial charge < -0.3 is 5.32 Å². The maximum atomic E-state index is 11.8. The fraction of sp³-hybridized carbons (Fsp3) is 0.538. The first-order chi connectivity index (χ1) is 9.78. The summed E-state index contributed by atoms with van der Waals surface area (Å²) in [6.45, 7) is 3.88. The lowest BCUT2D eigenvalue weighted by molar-refractivity contribution is -0.386. The number of nitro groups is 1. The fourth-order valence-electron chi connectivity index (χ4n) is 2.38. The Kier molecular flexibility index (Phi) is 5.82. The monoisotopic (exact) mass is 315 g/mol. The third-order valence-electron chi connectivity index (χ3n) is 3.68. The van der Waals surface area contributed by atoms with Crippen LogP contribution in [0.3, 0.4) is 0 Å². The maximum absolute atomic E-state index is 11.8. The number of rotatable bonds is 7. The number of likely N-dealkylation sites (N-methyl/N-ethyl adjacent to an activating group) is 1. The van der Waals surface area contributed by atoms with Gasteiger partial charge in [-0.05, 0) is 26.6 Å². The molecule has 0 saturated heterocycles. The van der Waals surface area contributed by atoms with E-state index in [2.05, 4.69) is 10.0 Å². The molecule has 0 spiro atoms. The van der Waals surface area contributed by atoms with Gasteiger partial charge in [-0.1, -0.05) is 19.9 Å². The summed E-state index contributed by atoms with van der Waals surface area (Å²) in [4.78, 5) is 10.6. The molecule has 118 valence electrons. The highest BCUT2D eigenvalue weighted by molar-refractivity contribution is 7.89. The van der Waals surface area contributed by atoms with Crippen molar-refractivity contribution in [2.45, 2.75) is 37.1 Å². The second kappa shape index (κ2) is 6.97. The van der Waals surface area contributed by atoms with Gasteiger partial charge in [0.05, 0.1) is 9.82 Å². The first-order valence-electron chi connectivity index (χ1n) is 6.67. The van der Waals surface area contributed by atoms with E-state index < -0.39 is 14.9 Å². The molecule has 1 aromatic carbocycles. The summed E-state index contributed by atoms with van der Waals surface area (Å²) < 4.78 is 25.7. The molecule has 0 aromatic heterocycles. The minimum absolute atomic E-state index is 0.0791. The lowest BCUT2D eigenvalue weighted by Crippen LogP contribution is -2.30. The van der Waals surface area contributed by atoms with Crippen molar-refractivity contribution >= 4 is 15.7 Å². The predicted molar refractivity (Wildman–Crippen MR) is 80.9 cm³/mol. The highest BCUT2D eigenvalue weighted by Crippen LogP contribution is 2.31. The molecular weight excluding hydrogens is 294 g/mol. The van der Waals surface area contributed by atoms with Crippen LogP contribution < -0.4 is 10.0 Å². The van der Waals surface area contributed by atoms with E-state index in [0.29, 0.717) is 5.56 Å². The van der Waals surface area contributed by atoms with Crippen LogP contribution in [0.1, 0.15) is 31.7 Å². The molecule has 2 unspecified atom stereocenters. The van der Waals surface area contributed by atoms with Crippen LogP contribution >= 0.6 is 0 Å². The van der Waals surface area contributed by atoms with Crippen LogP contribution in [-0.4, -0.2) is 33.5 Å². The lowest BCUT2D eigenvalue weighted by atomic mass is 9.90. The largest absolute Gasteiger partial charge is 0.316 e. The average molecular weight is 315 g/mol. The Morgan fingerprint density at radius 1 is 1.33 bits per heavy atom. The molecule has 8 heteroatoms. The summed E-state index contributed by atoms with van der Waals surface area (Å²) in [5.41, 5.74) is 0.351. The third kappa shape index (κ3) is 3.78. The summed E-state index contributed by atoms with van der Waals surface area (Å²) in [6.07, 6.45) is 0.811. The molecule has 0 aliphatic rings. The highest BCUT2D eigenvalue weighted by Gasteiger charge is 2.26. The lowest BCUT2D eigenvalue weighted by Gasteiger charge is -2.22. The van der Waals surface area contributed by atoms with Gasteiger partial charge in [0.2, 0.25) is 10.0 Å². The van der Waals surface area contributed by atoms with Crippen LogP contribution in [0, 0.1) is 10.1 Å². The zero-order chi connectivity index (χ0) is 16.2. The normalized spacial score (nSPS) is 14.7. The van der Waals surface area contributed by atoms with E-state index in [1.165, 1.54) is 19.2 Å². The van der Waals surface area contributed by atoms with Crippen molar-refractivity contribution in [2.24, 2.45) is 0 Å². The van der Waals surface area contributed by atoms with Gasteiger partial charge in [-0.15, -0.1) is 0 Å². The van der Waals surface area contributed by atoms with Gasteiger partial charge >= 0.3 is 0 Å². The maximum Gasteiger partial charge on any atom is 0.274 e. The third-order valence-corrected chi connectivity index (χ3v) is 5.09. The molecule has 0 saturated carbocycles. The standard InChI is InChI=1S/C13H21N3O4S/c1-5-12(14-3)9(2)11-7-6-10(21(19,20)15-4)8-13(11)16(17)18/h6-9,12,14-15H,5H2,1-4H3. The Morgan fingerprint density at radius 3 is 2.38 bits per heavy atom. The Morgan fingerprint density at radius 2 is 1.95 bits per heavy atom. The highest BCUT2D eigenvalue weighted by atomic mass is 32.2. The van der Waals surface area contributed by atoms with Crippen molar-refractivity contribution in [3.63, 3.8) is 0 Å². The number of hydrogen-bond acceptors (Lipinski definition) is 5. The molecule has 0 heterocycles. The minimum Gasteiger partial charge on any atom is -0.316 e. The number of hydrogen-bond donors (Lipinski definition) is 2. The van der Waals surface area contributed by atoms with Crippen LogP contribution in [-0.2, 0) is 10.0 Å². The van der Waals surface area contributed by atoms with Gasteiger partial charge in [0, 0.05) is 23.6 Å². The number of sulfonamides is 1. The van der Waals surface area contributed by atoms with Crippen LogP contribution in [0.5, 0.6) is 0 Å². The molecule has 1 aromatic rings. The van der Waals surface area contributed by atoms with Crippen LogP contribution in [0.2, 0.25) is 0 Å². The van der Waals surface area contributed by atoms with E-state index in [4.69, 9.17) is 0 Å². The van der Waals surface area contributed by atoms with Crippen LogP contribution in [0.25, 0.3) is 0 Å². The molecule has 0 amide bonds. The first-order valence-corrected chi connectivity index (χ1v) is 8.15. The van der Waals surface area contributed by atoms with E-state index in [0.717, 1.165) is 12.5 Å². The molecule has 0 radical (unpaired) electrons. The molecule has 0 aliphatic carbocycles. The van der Waals surface area contributed by atoms with Crippen molar-refractivity contribution < 1.29 is 13.3 Å². The van der Waals surface area contributed by atoms with E-state index in [-0.39, 0.29) is 22.5 Å². The summed E-state index contributed by atoms with van der Waals surface area (Å²) in [5.74, 6) is -0.105. The molecule has 7 nitrogen and oxygen atoms in total. The van der Waals surface area contributed by atoms with Crippen molar-refractivity contribution in [3.8, 4) is 0 Å². The van der Waals surface area contributed by atoms with Gasteiger partial charge in [0.15, 0.2) is 0 Å². The average Bonchev–Trinajstić information content (AvgIpc) is 2.47. The molecule has 0 bridgehead atoms. The predicted octanol–water partition coefficient (Wildman–Crippen LogP) is 1.60. The molecule has 1 rings (SSSR count). The van der Waals surface area contributed by atoms with E-state index in [9.17, 15) is 18.5 Å². The van der Waals surface area contributed by atoms with Gasteiger partial charge in [0.1, 0.15) is 0 Å². The van der Waals surface area contributed by atoms with Crippen molar-refractivity contribution in [3.05, 3.63) is 33.9 Å². The van der Waals surface area contributed by atoms with Crippen molar-refractivity contribution in [2.75, 3.05) is 14.1 Å². The zero-order valence-electron chi connectivity index (χ0n) is 12.6. The number of nitrogens with one attached hydrogen (secondary N) is 2. The SMILES string of the molecule is CCC(NC)C(C)c1ccc(S(=O)(=O)NC)cc1[N+](=O)[O-]. The Balaban J connectivity index is 3.39. The van der Waals surface area contributed by atoms with Gasteiger partial charge in [-0.3, -0.25) is 10.1 Å².